The second-order valence-corrected chi connectivity index (χ2v) is 3.97. The molecule has 0 heterocycles. The molecule has 1 aromatic carbocycles. The van der Waals surface area contributed by atoms with Crippen molar-refractivity contribution in [3.63, 3.8) is 0 Å². The van der Waals surface area contributed by atoms with Crippen LogP contribution >= 0.6 is 0 Å². The van der Waals surface area contributed by atoms with Gasteiger partial charge in [-0.25, -0.2) is 0 Å². The van der Waals surface area contributed by atoms with Crippen LogP contribution in [0.15, 0.2) is 12.1 Å². The van der Waals surface area contributed by atoms with E-state index in [-0.39, 0.29) is 12.6 Å². The van der Waals surface area contributed by atoms with E-state index in [9.17, 15) is 5.11 Å². The molecule has 0 fully saturated rings. The lowest BCUT2D eigenvalue weighted by Gasteiger charge is -2.21. The van der Waals surface area contributed by atoms with Crippen LogP contribution in [0.25, 0.3) is 0 Å². The van der Waals surface area contributed by atoms with Gasteiger partial charge in [0.25, 0.3) is 0 Å². The van der Waals surface area contributed by atoms with Gasteiger partial charge in [-0.3, -0.25) is 0 Å². The molecule has 90 valence electrons. The summed E-state index contributed by atoms with van der Waals surface area (Å²) >= 11 is 0. The van der Waals surface area contributed by atoms with E-state index in [1.54, 1.807) is 7.11 Å². The van der Waals surface area contributed by atoms with E-state index in [2.05, 4.69) is 5.32 Å². The average molecular weight is 223 g/mol. The molecule has 1 unspecified atom stereocenters. The van der Waals surface area contributed by atoms with Crippen LogP contribution in [0.2, 0.25) is 0 Å². The van der Waals surface area contributed by atoms with E-state index in [0.717, 1.165) is 23.4 Å². The summed E-state index contributed by atoms with van der Waals surface area (Å²) in [4.78, 5) is 0. The molecule has 1 rings (SSSR count). The van der Waals surface area contributed by atoms with Crippen molar-refractivity contribution in [2.24, 2.45) is 0 Å². The number of aliphatic hydroxyl groups is 1. The highest BCUT2D eigenvalue weighted by molar-refractivity contribution is 5.42. The smallest absolute Gasteiger partial charge is 0.119 e. The first kappa shape index (κ1) is 13.0. The van der Waals surface area contributed by atoms with Crippen LogP contribution in [0.5, 0.6) is 5.75 Å². The van der Waals surface area contributed by atoms with Crippen LogP contribution in [0.4, 0.5) is 0 Å². The lowest BCUT2D eigenvalue weighted by atomic mass is 9.96. The molecule has 0 radical (unpaired) electrons. The predicted octanol–water partition coefficient (Wildman–Crippen LogP) is 1.95. The molecule has 3 nitrogen and oxygen atoms in total. The second-order valence-electron chi connectivity index (χ2n) is 3.97. The number of benzene rings is 1. The van der Waals surface area contributed by atoms with Crippen molar-refractivity contribution in [2.75, 3.05) is 20.3 Å². The Morgan fingerprint density at radius 3 is 2.25 bits per heavy atom. The third-order valence-corrected chi connectivity index (χ3v) is 2.78. The fourth-order valence-corrected chi connectivity index (χ4v) is 2.11. The van der Waals surface area contributed by atoms with Crippen molar-refractivity contribution in [1.29, 1.82) is 0 Å². The van der Waals surface area contributed by atoms with Crippen LogP contribution in [0.1, 0.15) is 29.7 Å². The summed E-state index contributed by atoms with van der Waals surface area (Å²) in [5, 5.41) is 12.7. The zero-order chi connectivity index (χ0) is 12.1. The number of ether oxygens (including phenoxy) is 1. The van der Waals surface area contributed by atoms with E-state index in [1.165, 1.54) is 5.56 Å². The van der Waals surface area contributed by atoms with Crippen LogP contribution in [-0.4, -0.2) is 25.4 Å². The van der Waals surface area contributed by atoms with Crippen molar-refractivity contribution in [3.8, 4) is 5.75 Å². The van der Waals surface area contributed by atoms with Crippen molar-refractivity contribution >= 4 is 0 Å². The van der Waals surface area contributed by atoms with Crippen molar-refractivity contribution in [3.05, 3.63) is 28.8 Å². The minimum Gasteiger partial charge on any atom is -0.497 e. The number of aliphatic hydroxyl groups excluding tert-OH is 1. The summed E-state index contributed by atoms with van der Waals surface area (Å²) in [6.45, 7) is 7.09. The molecule has 0 aliphatic carbocycles. The number of methoxy groups -OCH3 is 1. The summed E-state index contributed by atoms with van der Waals surface area (Å²) in [5.74, 6) is 0.868. The molecule has 0 bridgehead atoms. The third-order valence-electron chi connectivity index (χ3n) is 2.78. The van der Waals surface area contributed by atoms with E-state index in [1.807, 2.05) is 32.9 Å². The number of nitrogens with one attached hydrogen (secondary N) is 1. The topological polar surface area (TPSA) is 41.5 Å². The summed E-state index contributed by atoms with van der Waals surface area (Å²) in [7, 11) is 1.67. The molecule has 0 saturated heterocycles. The molecule has 3 heteroatoms. The molecule has 0 aromatic heterocycles. The molecule has 0 saturated carbocycles. The molecular weight excluding hydrogens is 202 g/mol. The Bertz CT molecular complexity index is 327. The highest BCUT2D eigenvalue weighted by atomic mass is 16.5. The highest BCUT2D eigenvalue weighted by Crippen LogP contribution is 2.26. The highest BCUT2D eigenvalue weighted by Gasteiger charge is 2.15. The fraction of sp³-hybridized carbons (Fsp3) is 0.538. The summed E-state index contributed by atoms with van der Waals surface area (Å²) in [6, 6.07) is 4.01. The maximum absolute atomic E-state index is 9.39. The van der Waals surface area contributed by atoms with Crippen LogP contribution in [-0.2, 0) is 0 Å². The lowest BCUT2D eigenvalue weighted by Crippen LogP contribution is -2.25. The molecule has 0 spiro atoms. The first-order valence-electron chi connectivity index (χ1n) is 5.63. The maximum atomic E-state index is 9.39. The Labute approximate surface area is 97.4 Å². The van der Waals surface area contributed by atoms with Crippen LogP contribution in [0, 0.1) is 13.8 Å². The maximum Gasteiger partial charge on any atom is 0.119 e. The van der Waals surface area contributed by atoms with E-state index >= 15 is 0 Å². The monoisotopic (exact) mass is 223 g/mol. The van der Waals surface area contributed by atoms with Crippen molar-refractivity contribution < 1.29 is 9.84 Å². The van der Waals surface area contributed by atoms with E-state index < -0.39 is 0 Å². The SMILES string of the molecule is CCNC(CO)c1c(C)cc(OC)cc1C. The quantitative estimate of drug-likeness (QED) is 0.801. The number of likely N-dealkylation sites (N-methyl/N-ethyl adjacent to an activating group) is 1. The lowest BCUT2D eigenvalue weighted by molar-refractivity contribution is 0.245. The zero-order valence-corrected chi connectivity index (χ0v) is 10.5. The third kappa shape index (κ3) is 2.74. The Balaban J connectivity index is 3.11. The average Bonchev–Trinajstić information content (AvgIpc) is 2.26. The van der Waals surface area contributed by atoms with Gasteiger partial charge in [0, 0.05) is 0 Å². The Morgan fingerprint density at radius 1 is 1.31 bits per heavy atom. The van der Waals surface area contributed by atoms with Gasteiger partial charge in [0.1, 0.15) is 5.75 Å². The largest absolute Gasteiger partial charge is 0.497 e. The van der Waals surface area contributed by atoms with Crippen LogP contribution in [0.3, 0.4) is 0 Å². The predicted molar refractivity (Wildman–Crippen MR) is 66.0 cm³/mol. The van der Waals surface area contributed by atoms with Crippen molar-refractivity contribution in [1.82, 2.24) is 5.32 Å². The second kappa shape index (κ2) is 5.87. The first-order valence-corrected chi connectivity index (χ1v) is 5.63. The fourth-order valence-electron chi connectivity index (χ4n) is 2.11. The number of rotatable bonds is 5. The van der Waals surface area contributed by atoms with Gasteiger partial charge >= 0.3 is 0 Å². The van der Waals surface area contributed by atoms with Gasteiger partial charge in [0.05, 0.1) is 19.8 Å². The number of aryl methyl sites for hydroxylation is 2. The minimum absolute atomic E-state index is 0.0101. The molecule has 0 aliphatic rings. The molecule has 0 aliphatic heterocycles. The van der Waals surface area contributed by atoms with E-state index in [4.69, 9.17) is 4.74 Å². The summed E-state index contributed by atoms with van der Waals surface area (Å²) in [5.41, 5.74) is 3.47. The number of hydrogen-bond donors (Lipinski definition) is 2. The molecule has 16 heavy (non-hydrogen) atoms. The minimum atomic E-state index is 0.0101. The molecule has 0 amide bonds. The first-order chi connectivity index (χ1) is 7.63. The van der Waals surface area contributed by atoms with Gasteiger partial charge in [-0.2, -0.15) is 0 Å². The number of hydrogen-bond acceptors (Lipinski definition) is 3. The van der Waals surface area contributed by atoms with Gasteiger partial charge in [-0.1, -0.05) is 6.92 Å². The molecular formula is C13H21NO2. The normalized spacial score (nSPS) is 12.6. The van der Waals surface area contributed by atoms with Gasteiger partial charge in [0.15, 0.2) is 0 Å². The van der Waals surface area contributed by atoms with Crippen molar-refractivity contribution in [2.45, 2.75) is 26.8 Å². The summed E-state index contributed by atoms with van der Waals surface area (Å²) < 4.78 is 5.22. The standard InChI is InChI=1S/C13H21NO2/c1-5-14-12(8-15)13-9(2)6-11(16-4)7-10(13)3/h6-7,12,14-15H,5,8H2,1-4H3. The van der Waals surface area contributed by atoms with Crippen LogP contribution < -0.4 is 10.1 Å². The Hall–Kier alpha value is -1.06. The van der Waals surface area contributed by atoms with Gasteiger partial charge in [0.2, 0.25) is 0 Å². The molecule has 1 aromatic rings. The molecule has 1 atom stereocenters. The van der Waals surface area contributed by atoms with Gasteiger partial charge < -0.3 is 15.2 Å². The van der Waals surface area contributed by atoms with Gasteiger partial charge in [-0.05, 0) is 49.2 Å². The van der Waals surface area contributed by atoms with E-state index in [0.29, 0.717) is 0 Å². The Kier molecular flexibility index (Phi) is 4.77. The zero-order valence-electron chi connectivity index (χ0n) is 10.5. The molecule has 2 N–H and O–H groups in total. The van der Waals surface area contributed by atoms with Gasteiger partial charge in [-0.15, -0.1) is 0 Å². The Morgan fingerprint density at radius 2 is 1.88 bits per heavy atom. The summed E-state index contributed by atoms with van der Waals surface area (Å²) in [6.07, 6.45) is 0.